The molecule has 0 bridgehead atoms. The van der Waals surface area contributed by atoms with E-state index in [1.54, 1.807) is 54.7 Å². The molecule has 0 unspecified atom stereocenters. The number of fused-ring (bicyclic) bond motifs is 1. The van der Waals surface area contributed by atoms with Crippen LogP contribution in [0.15, 0.2) is 65.2 Å². The molecule has 0 aliphatic rings. The van der Waals surface area contributed by atoms with Crippen molar-refractivity contribution < 1.29 is 13.9 Å². The molecule has 0 atom stereocenters. The van der Waals surface area contributed by atoms with Gasteiger partial charge in [0.05, 0.1) is 0 Å². The molecule has 0 fully saturated rings. The van der Waals surface area contributed by atoms with Crippen LogP contribution in [-0.4, -0.2) is 21.1 Å². The van der Waals surface area contributed by atoms with Gasteiger partial charge < -0.3 is 14.5 Å². The number of amides is 1. The van der Waals surface area contributed by atoms with Gasteiger partial charge in [0.2, 0.25) is 5.88 Å². The predicted octanol–water partition coefficient (Wildman–Crippen LogP) is 3.97. The van der Waals surface area contributed by atoms with Crippen LogP contribution >= 0.6 is 0 Å². The van der Waals surface area contributed by atoms with Gasteiger partial charge in [-0.15, -0.1) is 5.10 Å². The molecule has 1 amide bonds. The first kappa shape index (κ1) is 15.8. The van der Waals surface area contributed by atoms with Crippen LogP contribution in [-0.2, 0) is 0 Å². The van der Waals surface area contributed by atoms with Crippen molar-refractivity contribution in [3.63, 3.8) is 0 Å². The average Bonchev–Trinajstić information content (AvgIpc) is 3.06. The number of nitrogens with zero attached hydrogens (tertiary/aromatic N) is 3. The monoisotopic (exact) mass is 346 g/mol. The minimum Gasteiger partial charge on any atom is -0.449 e. The molecule has 7 nitrogen and oxygen atoms in total. The lowest BCUT2D eigenvalue weighted by atomic mass is 10.3. The second-order valence-corrected chi connectivity index (χ2v) is 5.59. The van der Waals surface area contributed by atoms with Crippen molar-refractivity contribution in [2.24, 2.45) is 0 Å². The number of carbonyl (C=O) groups is 1. The normalized spacial score (nSPS) is 10.7. The zero-order valence-electron chi connectivity index (χ0n) is 13.8. The molecule has 0 aliphatic heterocycles. The summed E-state index contributed by atoms with van der Waals surface area (Å²) in [6.07, 6.45) is 1.56. The molecule has 1 aromatic carbocycles. The van der Waals surface area contributed by atoms with Crippen molar-refractivity contribution in [2.75, 3.05) is 5.32 Å². The number of carbonyl (C=O) groups excluding carboxylic acids is 1. The molecule has 0 spiro atoms. The molecule has 1 N–H and O–H groups in total. The van der Waals surface area contributed by atoms with E-state index in [-0.39, 0.29) is 11.7 Å². The van der Waals surface area contributed by atoms with Crippen LogP contribution in [0.1, 0.15) is 16.2 Å². The van der Waals surface area contributed by atoms with Gasteiger partial charge in [-0.05, 0) is 37.3 Å². The van der Waals surface area contributed by atoms with Crippen molar-refractivity contribution in [3.8, 4) is 11.6 Å². The van der Waals surface area contributed by atoms with E-state index in [1.165, 1.54) is 0 Å². The third kappa shape index (κ3) is 3.36. The maximum absolute atomic E-state index is 12.4. The predicted molar refractivity (Wildman–Crippen MR) is 95.2 cm³/mol. The number of hydrogen-bond acceptors (Lipinski definition) is 6. The van der Waals surface area contributed by atoms with Gasteiger partial charge in [0.1, 0.15) is 11.3 Å². The van der Waals surface area contributed by atoms with E-state index >= 15 is 0 Å². The molecule has 0 aliphatic carbocycles. The summed E-state index contributed by atoms with van der Waals surface area (Å²) in [4.78, 5) is 16.8. The van der Waals surface area contributed by atoms with Crippen molar-refractivity contribution in [1.29, 1.82) is 0 Å². The number of furan rings is 1. The molecule has 0 radical (unpaired) electrons. The quantitative estimate of drug-likeness (QED) is 0.601. The first-order valence-electron chi connectivity index (χ1n) is 7.91. The minimum atomic E-state index is -0.364. The number of nitrogens with one attached hydrogen (secondary N) is 1. The summed E-state index contributed by atoms with van der Waals surface area (Å²) in [5.41, 5.74) is 2.65. The highest BCUT2D eigenvalue weighted by molar-refractivity contribution is 6.04. The van der Waals surface area contributed by atoms with Crippen LogP contribution in [0.2, 0.25) is 0 Å². The number of ether oxygens (including phenoxy) is 1. The number of pyridine rings is 1. The number of aromatic nitrogens is 3. The summed E-state index contributed by atoms with van der Waals surface area (Å²) in [6.45, 7) is 1.88. The van der Waals surface area contributed by atoms with Gasteiger partial charge in [-0.2, -0.15) is 5.10 Å². The Morgan fingerprint density at radius 3 is 2.88 bits per heavy atom. The third-order valence-corrected chi connectivity index (χ3v) is 3.60. The van der Waals surface area contributed by atoms with E-state index in [9.17, 15) is 4.79 Å². The Labute approximate surface area is 148 Å². The fraction of sp³-hybridized carbons (Fsp3) is 0.0526. The SMILES string of the molecule is Cc1ccc2oc(C(=O)Nc3cccc(Oc4cccnn4)c3)cc2n1. The zero-order valence-corrected chi connectivity index (χ0v) is 13.8. The molecule has 0 saturated carbocycles. The Morgan fingerprint density at radius 1 is 1.12 bits per heavy atom. The number of benzene rings is 1. The largest absolute Gasteiger partial charge is 0.449 e. The molecular formula is C19H14N4O3. The maximum atomic E-state index is 12.4. The molecule has 7 heteroatoms. The van der Waals surface area contributed by atoms with Crippen LogP contribution in [0.3, 0.4) is 0 Å². The summed E-state index contributed by atoms with van der Waals surface area (Å²) < 4.78 is 11.2. The lowest BCUT2D eigenvalue weighted by Crippen LogP contribution is -2.10. The summed E-state index contributed by atoms with van der Waals surface area (Å²) in [5, 5.41) is 10.4. The number of hydrogen-bond donors (Lipinski definition) is 1. The molecule has 4 aromatic rings. The second-order valence-electron chi connectivity index (χ2n) is 5.59. The van der Waals surface area contributed by atoms with Crippen molar-refractivity contribution in [2.45, 2.75) is 6.92 Å². The Balaban J connectivity index is 1.52. The van der Waals surface area contributed by atoms with E-state index < -0.39 is 0 Å². The topological polar surface area (TPSA) is 90.1 Å². The molecule has 4 rings (SSSR count). The van der Waals surface area contributed by atoms with Gasteiger partial charge in [0.15, 0.2) is 11.3 Å². The van der Waals surface area contributed by atoms with Crippen molar-refractivity contribution in [1.82, 2.24) is 15.2 Å². The summed E-state index contributed by atoms with van der Waals surface area (Å²) in [6, 6.07) is 15.7. The van der Waals surface area contributed by atoms with E-state index in [2.05, 4.69) is 20.5 Å². The van der Waals surface area contributed by atoms with E-state index in [4.69, 9.17) is 9.15 Å². The fourth-order valence-electron chi connectivity index (χ4n) is 2.43. The maximum Gasteiger partial charge on any atom is 0.291 e. The number of anilines is 1. The Bertz CT molecular complexity index is 1080. The van der Waals surface area contributed by atoms with Crippen LogP contribution in [0, 0.1) is 6.92 Å². The summed E-state index contributed by atoms with van der Waals surface area (Å²) >= 11 is 0. The molecule has 128 valence electrons. The Kier molecular flexibility index (Phi) is 4.03. The third-order valence-electron chi connectivity index (χ3n) is 3.60. The zero-order chi connectivity index (χ0) is 17.9. The summed E-state index contributed by atoms with van der Waals surface area (Å²) in [5.74, 6) is 0.732. The van der Waals surface area contributed by atoms with Gasteiger partial charge in [-0.1, -0.05) is 6.07 Å². The smallest absolute Gasteiger partial charge is 0.291 e. The fourth-order valence-corrected chi connectivity index (χ4v) is 2.43. The molecule has 26 heavy (non-hydrogen) atoms. The lowest BCUT2D eigenvalue weighted by molar-refractivity contribution is 0.0998. The molecular weight excluding hydrogens is 332 g/mol. The first-order chi connectivity index (χ1) is 12.7. The highest BCUT2D eigenvalue weighted by Crippen LogP contribution is 2.23. The molecule has 3 heterocycles. The van der Waals surface area contributed by atoms with Crippen LogP contribution in [0.25, 0.3) is 11.1 Å². The number of aryl methyl sites for hydroxylation is 1. The minimum absolute atomic E-state index is 0.193. The van der Waals surface area contributed by atoms with E-state index in [0.717, 1.165) is 5.69 Å². The Hall–Kier alpha value is -3.74. The van der Waals surface area contributed by atoms with Crippen molar-refractivity contribution >= 4 is 22.7 Å². The van der Waals surface area contributed by atoms with Gasteiger partial charge in [-0.3, -0.25) is 4.79 Å². The first-order valence-corrected chi connectivity index (χ1v) is 7.91. The number of rotatable bonds is 4. The van der Waals surface area contributed by atoms with E-state index in [0.29, 0.717) is 28.4 Å². The lowest BCUT2D eigenvalue weighted by Gasteiger charge is -2.07. The van der Waals surface area contributed by atoms with Gasteiger partial charge >= 0.3 is 0 Å². The van der Waals surface area contributed by atoms with Crippen molar-refractivity contribution in [3.05, 3.63) is 72.2 Å². The van der Waals surface area contributed by atoms with Crippen LogP contribution in [0.4, 0.5) is 5.69 Å². The van der Waals surface area contributed by atoms with Gasteiger partial charge in [-0.25, -0.2) is 4.98 Å². The van der Waals surface area contributed by atoms with E-state index in [1.807, 2.05) is 13.0 Å². The highest BCUT2D eigenvalue weighted by Gasteiger charge is 2.14. The molecule has 3 aromatic heterocycles. The standard InChI is InChI=1S/C19H14N4O3/c1-12-7-8-16-15(21-12)11-17(26-16)19(24)22-13-4-2-5-14(10-13)25-18-6-3-9-20-23-18/h2-11H,1H3,(H,22,24). The van der Waals surface area contributed by atoms with Gasteiger partial charge in [0.25, 0.3) is 5.91 Å². The average molecular weight is 346 g/mol. The van der Waals surface area contributed by atoms with Crippen LogP contribution in [0.5, 0.6) is 11.6 Å². The Morgan fingerprint density at radius 2 is 2.04 bits per heavy atom. The second kappa shape index (κ2) is 6.64. The van der Waals surface area contributed by atoms with Gasteiger partial charge in [0, 0.05) is 35.8 Å². The highest BCUT2D eigenvalue weighted by atomic mass is 16.5. The summed E-state index contributed by atoms with van der Waals surface area (Å²) in [7, 11) is 0. The molecule has 0 saturated heterocycles. The van der Waals surface area contributed by atoms with Crippen LogP contribution < -0.4 is 10.1 Å².